The van der Waals surface area contributed by atoms with Gasteiger partial charge in [0.1, 0.15) is 5.54 Å². The van der Waals surface area contributed by atoms with E-state index in [1.807, 2.05) is 30.1 Å². The molecule has 0 aromatic carbocycles. The van der Waals surface area contributed by atoms with Crippen LogP contribution in [-0.4, -0.2) is 22.5 Å². The smallest absolute Gasteiger partial charge is 0.103 e. The van der Waals surface area contributed by atoms with Gasteiger partial charge in [-0.05, 0) is 31.8 Å². The second-order valence-corrected chi connectivity index (χ2v) is 4.73. The lowest BCUT2D eigenvalue weighted by molar-refractivity contribution is 0.296. The first-order chi connectivity index (χ1) is 7.72. The molecule has 1 fully saturated rings. The number of allylic oxidation sites excluding steroid dienone is 1. The van der Waals surface area contributed by atoms with Crippen molar-refractivity contribution in [2.24, 2.45) is 10.9 Å². The molecule has 1 aliphatic carbocycles. The fourth-order valence-electron chi connectivity index (χ4n) is 2.39. The van der Waals surface area contributed by atoms with Crippen molar-refractivity contribution in [1.29, 1.82) is 0 Å². The Balaban J connectivity index is 2.06. The maximum atomic E-state index is 5.88. The first-order valence-corrected chi connectivity index (χ1v) is 5.72. The summed E-state index contributed by atoms with van der Waals surface area (Å²) in [4.78, 5) is 4.39. The van der Waals surface area contributed by atoms with Crippen LogP contribution in [0.25, 0.3) is 0 Å². The third-order valence-electron chi connectivity index (χ3n) is 3.57. The van der Waals surface area contributed by atoms with Crippen LogP contribution in [0, 0.1) is 12.8 Å². The first-order valence-electron chi connectivity index (χ1n) is 5.72. The Labute approximate surface area is 94.9 Å². The maximum absolute atomic E-state index is 5.88. The Morgan fingerprint density at radius 2 is 2.31 bits per heavy atom. The average Bonchev–Trinajstić information content (AvgIpc) is 3.08. The summed E-state index contributed by atoms with van der Waals surface area (Å²) < 4.78 is 2.02. The van der Waals surface area contributed by atoms with Crippen molar-refractivity contribution < 1.29 is 0 Å². The molecule has 2 aliphatic rings. The van der Waals surface area contributed by atoms with Crippen molar-refractivity contribution in [3.63, 3.8) is 0 Å². The maximum Gasteiger partial charge on any atom is 0.103 e. The number of aryl methyl sites for hydroxylation is 1. The number of hydrogen-bond acceptors (Lipinski definition) is 3. The molecule has 0 saturated heterocycles. The van der Waals surface area contributed by atoms with E-state index in [0.29, 0.717) is 5.92 Å². The fourth-order valence-corrected chi connectivity index (χ4v) is 2.39. The average molecular weight is 216 g/mol. The highest BCUT2D eigenvalue weighted by atomic mass is 15.3. The van der Waals surface area contributed by atoms with Crippen molar-refractivity contribution in [1.82, 2.24) is 9.78 Å². The molecule has 16 heavy (non-hydrogen) atoms. The summed E-state index contributed by atoms with van der Waals surface area (Å²) in [5.74, 6) is 0.667. The molecule has 84 valence electrons. The van der Waals surface area contributed by atoms with Gasteiger partial charge in [-0.1, -0.05) is 6.08 Å². The number of nitrogens with two attached hydrogens (primary N) is 1. The molecule has 1 aromatic rings. The van der Waals surface area contributed by atoms with E-state index < -0.39 is 0 Å². The number of nitrogen functional groups attached to an aromatic ring is 1. The van der Waals surface area contributed by atoms with Crippen molar-refractivity contribution in [2.75, 3.05) is 12.3 Å². The van der Waals surface area contributed by atoms with Gasteiger partial charge in [0.05, 0.1) is 17.9 Å². The van der Waals surface area contributed by atoms with Crippen molar-refractivity contribution in [2.45, 2.75) is 25.3 Å². The summed E-state index contributed by atoms with van der Waals surface area (Å²) in [6.07, 6.45) is 10.6. The van der Waals surface area contributed by atoms with Gasteiger partial charge in [0.25, 0.3) is 0 Å². The summed E-state index contributed by atoms with van der Waals surface area (Å²) in [6, 6.07) is 0. The summed E-state index contributed by atoms with van der Waals surface area (Å²) in [5.41, 5.74) is 7.49. The first kappa shape index (κ1) is 9.63. The molecule has 1 unspecified atom stereocenters. The Bertz CT molecular complexity index is 448. The van der Waals surface area contributed by atoms with E-state index in [-0.39, 0.29) is 5.54 Å². The zero-order valence-corrected chi connectivity index (χ0v) is 9.43. The van der Waals surface area contributed by atoms with Crippen LogP contribution in [0.3, 0.4) is 0 Å². The Morgan fingerprint density at radius 3 is 2.81 bits per heavy atom. The predicted octanol–water partition coefficient (Wildman–Crippen LogP) is 1.52. The Kier molecular flexibility index (Phi) is 1.93. The third kappa shape index (κ3) is 1.29. The molecule has 0 spiro atoms. The number of aliphatic imine (C=N–C) groups is 1. The molecule has 1 saturated carbocycles. The minimum absolute atomic E-state index is 0.0584. The zero-order valence-electron chi connectivity index (χ0n) is 9.43. The molecule has 4 nitrogen and oxygen atoms in total. The molecule has 0 radical (unpaired) electrons. The lowest BCUT2D eigenvalue weighted by atomic mass is 9.91. The number of nitrogens with zero attached hydrogens (tertiary/aromatic N) is 3. The molecule has 1 atom stereocenters. The number of anilines is 1. The van der Waals surface area contributed by atoms with Crippen LogP contribution in [0.5, 0.6) is 0 Å². The van der Waals surface area contributed by atoms with E-state index in [1.165, 1.54) is 12.8 Å². The van der Waals surface area contributed by atoms with Crippen LogP contribution in [-0.2, 0) is 5.54 Å². The SMILES string of the molecule is Cc1nn(C2(C3CC3)C=CC=NC2)cc1N. The van der Waals surface area contributed by atoms with Crippen molar-refractivity contribution >= 4 is 11.9 Å². The Hall–Kier alpha value is -1.58. The number of aromatic nitrogens is 2. The molecule has 0 amide bonds. The second kappa shape index (κ2) is 3.20. The van der Waals surface area contributed by atoms with Crippen LogP contribution in [0.4, 0.5) is 5.69 Å². The van der Waals surface area contributed by atoms with Gasteiger partial charge in [-0.2, -0.15) is 5.10 Å². The number of hydrogen-bond donors (Lipinski definition) is 1. The molecule has 2 N–H and O–H groups in total. The lowest BCUT2D eigenvalue weighted by Crippen LogP contribution is -2.39. The number of rotatable bonds is 2. The lowest BCUT2D eigenvalue weighted by Gasteiger charge is -2.31. The molecule has 4 heteroatoms. The minimum atomic E-state index is -0.0584. The van der Waals surface area contributed by atoms with E-state index in [9.17, 15) is 0 Å². The van der Waals surface area contributed by atoms with E-state index in [2.05, 4.69) is 16.2 Å². The second-order valence-electron chi connectivity index (χ2n) is 4.73. The normalized spacial score (nSPS) is 28.6. The summed E-state index contributed by atoms with van der Waals surface area (Å²) in [7, 11) is 0. The van der Waals surface area contributed by atoms with Gasteiger partial charge >= 0.3 is 0 Å². The van der Waals surface area contributed by atoms with Gasteiger partial charge in [-0.15, -0.1) is 0 Å². The summed E-state index contributed by atoms with van der Waals surface area (Å²) in [6.45, 7) is 2.73. The third-order valence-corrected chi connectivity index (χ3v) is 3.57. The van der Waals surface area contributed by atoms with Gasteiger partial charge < -0.3 is 5.73 Å². The van der Waals surface area contributed by atoms with Crippen LogP contribution in [0.1, 0.15) is 18.5 Å². The Morgan fingerprint density at radius 1 is 1.50 bits per heavy atom. The topological polar surface area (TPSA) is 56.2 Å². The van der Waals surface area contributed by atoms with Gasteiger partial charge in [0, 0.05) is 12.4 Å². The van der Waals surface area contributed by atoms with Crippen LogP contribution >= 0.6 is 0 Å². The van der Waals surface area contributed by atoms with Crippen LogP contribution < -0.4 is 5.73 Å². The van der Waals surface area contributed by atoms with Crippen LogP contribution in [0.2, 0.25) is 0 Å². The molecule has 1 aliphatic heterocycles. The molecule has 0 bridgehead atoms. The number of dihydropyridines is 1. The highest BCUT2D eigenvalue weighted by Crippen LogP contribution is 2.46. The summed E-state index contributed by atoms with van der Waals surface area (Å²) >= 11 is 0. The standard InChI is InChI=1S/C12H16N4/c1-9-11(13)7-16(15-9)12(10-3-4-10)5-2-6-14-8-12/h2,5-7,10H,3-4,8,13H2,1H3. The largest absolute Gasteiger partial charge is 0.396 e. The molecular weight excluding hydrogens is 200 g/mol. The van der Waals surface area contributed by atoms with E-state index >= 15 is 0 Å². The van der Waals surface area contributed by atoms with Gasteiger partial charge in [0.2, 0.25) is 0 Å². The molecule has 1 aromatic heterocycles. The zero-order chi connectivity index (χ0) is 11.2. The molecule has 2 heterocycles. The fraction of sp³-hybridized carbons (Fsp3) is 0.500. The monoisotopic (exact) mass is 216 g/mol. The highest BCUT2D eigenvalue weighted by Gasteiger charge is 2.46. The van der Waals surface area contributed by atoms with Crippen molar-refractivity contribution in [3.05, 3.63) is 24.0 Å². The highest BCUT2D eigenvalue weighted by molar-refractivity contribution is 5.72. The predicted molar refractivity (Wildman–Crippen MR) is 64.6 cm³/mol. The van der Waals surface area contributed by atoms with Gasteiger partial charge in [-0.3, -0.25) is 9.67 Å². The quantitative estimate of drug-likeness (QED) is 0.814. The molecule has 3 rings (SSSR count). The van der Waals surface area contributed by atoms with E-state index in [4.69, 9.17) is 5.73 Å². The minimum Gasteiger partial charge on any atom is -0.396 e. The molecular formula is C12H16N4. The van der Waals surface area contributed by atoms with Crippen LogP contribution in [0.15, 0.2) is 23.3 Å². The van der Waals surface area contributed by atoms with E-state index in [1.54, 1.807) is 0 Å². The van der Waals surface area contributed by atoms with Gasteiger partial charge in [-0.25, -0.2) is 0 Å². The summed E-state index contributed by atoms with van der Waals surface area (Å²) in [5, 5.41) is 4.53. The van der Waals surface area contributed by atoms with E-state index in [0.717, 1.165) is 17.9 Å². The van der Waals surface area contributed by atoms with Crippen molar-refractivity contribution in [3.8, 4) is 0 Å². The van der Waals surface area contributed by atoms with Gasteiger partial charge in [0.15, 0.2) is 0 Å².